The van der Waals surface area contributed by atoms with Crippen molar-refractivity contribution >= 4 is 22.9 Å². The highest BCUT2D eigenvalue weighted by molar-refractivity contribution is 6.03. The summed E-state index contributed by atoms with van der Waals surface area (Å²) in [6.07, 6.45) is 0. The summed E-state index contributed by atoms with van der Waals surface area (Å²) in [5, 5.41) is 0. The number of hydrogen-bond donors (Lipinski definition) is 1. The number of nitrogens with zero attached hydrogens (tertiary/aromatic N) is 4. The molecule has 1 amide bonds. The SMILES string of the molecule is Cc1nc(C(N)=O)c2c(n1)n(-c1ccc(F)cc1)c(=O)n2CC(=O)c1ccc(F)cc1. The van der Waals surface area contributed by atoms with Crippen LogP contribution in [0.1, 0.15) is 26.7 Å². The van der Waals surface area contributed by atoms with Crippen molar-refractivity contribution in [1.29, 1.82) is 0 Å². The Morgan fingerprint density at radius 3 is 2.13 bits per heavy atom. The molecule has 0 unspecified atom stereocenters. The molecule has 2 heterocycles. The van der Waals surface area contributed by atoms with Crippen LogP contribution in [0.15, 0.2) is 53.3 Å². The molecule has 0 saturated heterocycles. The molecule has 4 rings (SSSR count). The van der Waals surface area contributed by atoms with Crippen LogP contribution >= 0.6 is 0 Å². The second kappa shape index (κ2) is 7.56. The lowest BCUT2D eigenvalue weighted by molar-refractivity contribution is 0.0966. The minimum atomic E-state index is -0.908. The number of nitrogens with two attached hydrogens (primary N) is 1. The highest BCUT2D eigenvalue weighted by Gasteiger charge is 2.24. The van der Waals surface area contributed by atoms with E-state index in [0.29, 0.717) is 0 Å². The molecule has 0 saturated carbocycles. The molecule has 2 aromatic heterocycles. The normalized spacial score (nSPS) is 11.1. The van der Waals surface area contributed by atoms with E-state index < -0.39 is 35.6 Å². The smallest absolute Gasteiger partial charge is 0.335 e. The fourth-order valence-electron chi connectivity index (χ4n) is 3.28. The maximum Gasteiger partial charge on any atom is 0.335 e. The molecule has 4 aromatic rings. The first-order valence-corrected chi connectivity index (χ1v) is 9.10. The average molecular weight is 423 g/mol. The zero-order chi connectivity index (χ0) is 22.3. The van der Waals surface area contributed by atoms with Gasteiger partial charge in [-0.05, 0) is 55.5 Å². The molecule has 156 valence electrons. The quantitative estimate of drug-likeness (QED) is 0.494. The Labute approximate surface area is 173 Å². The number of aromatic nitrogens is 4. The number of benzene rings is 2. The van der Waals surface area contributed by atoms with Gasteiger partial charge in [-0.15, -0.1) is 0 Å². The number of imidazole rings is 1. The summed E-state index contributed by atoms with van der Waals surface area (Å²) in [6, 6.07) is 9.88. The number of carbonyl (C=O) groups is 2. The van der Waals surface area contributed by atoms with Gasteiger partial charge in [0.2, 0.25) is 0 Å². The third-order valence-corrected chi connectivity index (χ3v) is 4.67. The van der Waals surface area contributed by atoms with E-state index in [0.717, 1.165) is 33.4 Å². The van der Waals surface area contributed by atoms with Gasteiger partial charge in [0.1, 0.15) is 23.0 Å². The number of ketones is 1. The summed E-state index contributed by atoms with van der Waals surface area (Å²) < 4.78 is 28.8. The van der Waals surface area contributed by atoms with Gasteiger partial charge in [0.05, 0.1) is 12.2 Å². The minimum absolute atomic E-state index is 0.0251. The summed E-state index contributed by atoms with van der Waals surface area (Å²) in [6.45, 7) is 1.05. The van der Waals surface area contributed by atoms with E-state index >= 15 is 0 Å². The molecule has 31 heavy (non-hydrogen) atoms. The van der Waals surface area contributed by atoms with E-state index in [-0.39, 0.29) is 33.9 Å². The van der Waals surface area contributed by atoms with Crippen molar-refractivity contribution in [2.24, 2.45) is 5.73 Å². The molecule has 0 atom stereocenters. The van der Waals surface area contributed by atoms with E-state index in [1.54, 1.807) is 0 Å². The Bertz CT molecular complexity index is 1390. The highest BCUT2D eigenvalue weighted by Crippen LogP contribution is 2.20. The van der Waals surface area contributed by atoms with Crippen molar-refractivity contribution in [3.63, 3.8) is 0 Å². The third-order valence-electron chi connectivity index (χ3n) is 4.67. The minimum Gasteiger partial charge on any atom is -0.364 e. The molecule has 0 aliphatic rings. The molecule has 0 aliphatic heterocycles. The molecule has 2 aromatic carbocycles. The predicted octanol–water partition coefficient (Wildman–Crippen LogP) is 2.15. The van der Waals surface area contributed by atoms with Gasteiger partial charge in [0.15, 0.2) is 17.1 Å². The van der Waals surface area contributed by atoms with Gasteiger partial charge >= 0.3 is 5.69 Å². The standard InChI is InChI=1S/C21H15F2N5O3/c1-11-25-17(19(24)30)18-20(26-11)28(15-8-6-14(23)7-9-15)21(31)27(18)10-16(29)12-2-4-13(22)5-3-12/h2-9H,10H2,1H3,(H2,24,30). The molecule has 0 radical (unpaired) electrons. The Kier molecular flexibility index (Phi) is 4.90. The average Bonchev–Trinajstić information content (AvgIpc) is 2.99. The number of aryl methyl sites for hydroxylation is 1. The molecular formula is C21H15F2N5O3. The summed E-state index contributed by atoms with van der Waals surface area (Å²) >= 11 is 0. The van der Waals surface area contributed by atoms with Gasteiger partial charge in [-0.2, -0.15) is 0 Å². The molecule has 0 fully saturated rings. The van der Waals surface area contributed by atoms with Crippen molar-refractivity contribution in [2.75, 3.05) is 0 Å². The lowest BCUT2D eigenvalue weighted by Crippen LogP contribution is -2.27. The lowest BCUT2D eigenvalue weighted by atomic mass is 10.1. The first-order chi connectivity index (χ1) is 14.8. The van der Waals surface area contributed by atoms with E-state index in [1.807, 2.05) is 0 Å². The fraction of sp³-hybridized carbons (Fsp3) is 0.0952. The van der Waals surface area contributed by atoms with Crippen LogP contribution in [0.5, 0.6) is 0 Å². The van der Waals surface area contributed by atoms with Gasteiger partial charge in [-0.25, -0.2) is 28.1 Å². The van der Waals surface area contributed by atoms with Gasteiger partial charge < -0.3 is 5.73 Å². The van der Waals surface area contributed by atoms with Crippen molar-refractivity contribution in [2.45, 2.75) is 13.5 Å². The highest BCUT2D eigenvalue weighted by atomic mass is 19.1. The number of halogens is 2. The van der Waals surface area contributed by atoms with Crippen LogP contribution < -0.4 is 11.4 Å². The van der Waals surface area contributed by atoms with Gasteiger partial charge in [-0.3, -0.25) is 14.2 Å². The van der Waals surface area contributed by atoms with Crippen LogP contribution in [0.25, 0.3) is 16.9 Å². The van der Waals surface area contributed by atoms with Crippen molar-refractivity contribution in [3.8, 4) is 5.69 Å². The van der Waals surface area contributed by atoms with E-state index in [9.17, 15) is 23.2 Å². The topological polar surface area (TPSA) is 113 Å². The first kappa shape index (κ1) is 20.1. The van der Waals surface area contributed by atoms with Gasteiger partial charge in [0, 0.05) is 5.56 Å². The number of amides is 1. The van der Waals surface area contributed by atoms with E-state index in [4.69, 9.17) is 5.73 Å². The Morgan fingerprint density at radius 1 is 0.968 bits per heavy atom. The van der Waals surface area contributed by atoms with Gasteiger partial charge in [-0.1, -0.05) is 0 Å². The van der Waals surface area contributed by atoms with Crippen molar-refractivity contribution in [1.82, 2.24) is 19.1 Å². The number of carbonyl (C=O) groups excluding carboxylic acids is 2. The number of fused-ring (bicyclic) bond motifs is 1. The first-order valence-electron chi connectivity index (χ1n) is 9.10. The molecule has 0 aliphatic carbocycles. The maximum atomic E-state index is 13.4. The van der Waals surface area contributed by atoms with Crippen molar-refractivity contribution < 1.29 is 18.4 Å². The monoisotopic (exact) mass is 423 g/mol. The number of rotatable bonds is 5. The predicted molar refractivity (Wildman–Crippen MR) is 107 cm³/mol. The maximum absolute atomic E-state index is 13.4. The second-order valence-corrected chi connectivity index (χ2v) is 6.77. The Balaban J connectivity index is 1.97. The Morgan fingerprint density at radius 2 is 1.55 bits per heavy atom. The van der Waals surface area contributed by atoms with E-state index in [2.05, 4.69) is 9.97 Å². The molecular weight excluding hydrogens is 408 g/mol. The molecule has 2 N–H and O–H groups in total. The summed E-state index contributed by atoms with van der Waals surface area (Å²) in [5.74, 6) is -2.25. The third kappa shape index (κ3) is 3.59. The number of Topliss-reactive ketones (excluding diaryl/α,β-unsaturated/α-hetero) is 1. The number of primary amides is 1. The Hall–Kier alpha value is -4.21. The van der Waals surface area contributed by atoms with Crippen LogP contribution in [0.4, 0.5) is 8.78 Å². The van der Waals surface area contributed by atoms with E-state index in [1.165, 1.54) is 31.2 Å². The lowest BCUT2D eigenvalue weighted by Gasteiger charge is -2.06. The molecule has 0 bridgehead atoms. The summed E-state index contributed by atoms with van der Waals surface area (Å²) in [4.78, 5) is 46.4. The van der Waals surface area contributed by atoms with Crippen LogP contribution in [0, 0.1) is 18.6 Å². The van der Waals surface area contributed by atoms with Crippen LogP contribution in [0.3, 0.4) is 0 Å². The number of hydrogen-bond acceptors (Lipinski definition) is 5. The summed E-state index contributed by atoms with van der Waals surface area (Å²) in [7, 11) is 0. The van der Waals surface area contributed by atoms with Crippen LogP contribution in [0.2, 0.25) is 0 Å². The molecule has 8 nitrogen and oxygen atoms in total. The van der Waals surface area contributed by atoms with Gasteiger partial charge in [0.25, 0.3) is 5.91 Å². The van der Waals surface area contributed by atoms with Crippen LogP contribution in [-0.4, -0.2) is 30.8 Å². The largest absolute Gasteiger partial charge is 0.364 e. The molecule has 0 spiro atoms. The fourth-order valence-corrected chi connectivity index (χ4v) is 3.28. The zero-order valence-corrected chi connectivity index (χ0v) is 16.2. The molecule has 10 heteroatoms. The van der Waals surface area contributed by atoms with Crippen molar-refractivity contribution in [3.05, 3.63) is 87.7 Å². The zero-order valence-electron chi connectivity index (χ0n) is 16.2. The second-order valence-electron chi connectivity index (χ2n) is 6.77. The van der Waals surface area contributed by atoms with Crippen LogP contribution in [-0.2, 0) is 6.54 Å². The summed E-state index contributed by atoms with van der Waals surface area (Å²) in [5.41, 5.74) is 5.01.